The van der Waals surface area contributed by atoms with Gasteiger partial charge in [0.05, 0.1) is 17.4 Å². The number of hydrogen-bond donors (Lipinski definition) is 2. The summed E-state index contributed by atoms with van der Waals surface area (Å²) in [5, 5.41) is 7.95. The summed E-state index contributed by atoms with van der Waals surface area (Å²) in [6, 6.07) is 12.8. The second kappa shape index (κ2) is 7.08. The Morgan fingerprint density at radius 3 is 2.83 bits per heavy atom. The van der Waals surface area contributed by atoms with E-state index in [0.29, 0.717) is 15.2 Å². The zero-order valence-electron chi connectivity index (χ0n) is 11.7. The van der Waals surface area contributed by atoms with Gasteiger partial charge in [0.25, 0.3) is 0 Å². The number of halogens is 1. The van der Waals surface area contributed by atoms with Gasteiger partial charge >= 0.3 is 5.91 Å². The van der Waals surface area contributed by atoms with Crippen LogP contribution in [0.4, 0.5) is 10.8 Å². The predicted octanol–water partition coefficient (Wildman–Crippen LogP) is 3.90. The lowest BCUT2D eigenvalue weighted by molar-refractivity contribution is 0.0927. The molecule has 0 bridgehead atoms. The molecule has 0 atom stereocenters. The summed E-state index contributed by atoms with van der Waals surface area (Å²) in [7, 11) is 0. The third kappa shape index (κ3) is 3.97. The summed E-state index contributed by atoms with van der Waals surface area (Å²) in [6.07, 6.45) is 2.86. The average Bonchev–Trinajstić information content (AvgIpc) is 3.19. The molecule has 3 rings (SSSR count). The normalized spacial score (nSPS) is 10.8. The van der Waals surface area contributed by atoms with Crippen LogP contribution < -0.4 is 10.7 Å². The van der Waals surface area contributed by atoms with E-state index >= 15 is 0 Å². The quantitative estimate of drug-likeness (QED) is 0.542. The first-order chi connectivity index (χ1) is 11.2. The van der Waals surface area contributed by atoms with Gasteiger partial charge in [0, 0.05) is 5.69 Å². The first-order valence-electron chi connectivity index (χ1n) is 6.57. The molecule has 0 saturated carbocycles. The lowest BCUT2D eigenvalue weighted by Gasteiger charge is -1.99. The van der Waals surface area contributed by atoms with Crippen molar-refractivity contribution in [3.05, 3.63) is 64.5 Å². The van der Waals surface area contributed by atoms with Crippen LogP contribution >= 0.6 is 22.9 Å². The number of carbonyl (C=O) groups excluding carboxylic acids is 1. The van der Waals surface area contributed by atoms with Gasteiger partial charge in [-0.3, -0.25) is 4.79 Å². The number of benzene rings is 1. The number of carbonyl (C=O) groups is 1. The van der Waals surface area contributed by atoms with Crippen molar-refractivity contribution in [3.63, 3.8) is 0 Å². The van der Waals surface area contributed by atoms with Crippen molar-refractivity contribution in [3.8, 4) is 0 Å². The molecule has 1 aromatic carbocycles. The molecule has 0 aliphatic rings. The minimum absolute atomic E-state index is 0.184. The molecule has 3 aromatic rings. The summed E-state index contributed by atoms with van der Waals surface area (Å²) in [5.41, 5.74) is 3.27. The fourth-order valence-corrected chi connectivity index (χ4v) is 2.75. The van der Waals surface area contributed by atoms with E-state index in [1.165, 1.54) is 23.8 Å². The topological polar surface area (TPSA) is 79.5 Å². The largest absolute Gasteiger partial charge is 0.459 e. The van der Waals surface area contributed by atoms with Crippen LogP contribution in [0.1, 0.15) is 15.4 Å². The molecule has 1 amide bonds. The summed E-state index contributed by atoms with van der Waals surface area (Å²) >= 11 is 7.39. The molecule has 6 nitrogen and oxygen atoms in total. The van der Waals surface area contributed by atoms with Crippen LogP contribution in [0.25, 0.3) is 0 Å². The number of hydrogen-bond acceptors (Lipinski definition) is 6. The van der Waals surface area contributed by atoms with Crippen LogP contribution in [0.15, 0.2) is 58.2 Å². The highest BCUT2D eigenvalue weighted by Crippen LogP contribution is 2.27. The standard InChI is InChI=1S/C15H11ClN4O2S/c16-13-12(9-17-20-14(21)11-7-4-8-22-11)23-15(19-13)18-10-5-2-1-3-6-10/h1-9H,(H,18,19)(H,20,21)/b17-9+. The van der Waals surface area contributed by atoms with E-state index in [4.69, 9.17) is 16.0 Å². The molecular weight excluding hydrogens is 336 g/mol. The monoisotopic (exact) mass is 346 g/mol. The number of anilines is 2. The van der Waals surface area contributed by atoms with Crippen molar-refractivity contribution in [2.24, 2.45) is 5.10 Å². The van der Waals surface area contributed by atoms with E-state index in [0.717, 1.165) is 5.69 Å². The number of hydrazone groups is 1. The minimum atomic E-state index is -0.436. The van der Waals surface area contributed by atoms with Gasteiger partial charge in [-0.15, -0.1) is 0 Å². The Kier molecular flexibility index (Phi) is 4.70. The molecule has 2 N–H and O–H groups in total. The van der Waals surface area contributed by atoms with Crippen LogP contribution in [0.3, 0.4) is 0 Å². The highest BCUT2D eigenvalue weighted by molar-refractivity contribution is 7.17. The van der Waals surface area contributed by atoms with Gasteiger partial charge in [-0.1, -0.05) is 41.1 Å². The number of rotatable bonds is 5. The number of furan rings is 1. The van der Waals surface area contributed by atoms with E-state index in [1.54, 1.807) is 12.1 Å². The van der Waals surface area contributed by atoms with Gasteiger partial charge in [-0.2, -0.15) is 5.10 Å². The molecular formula is C15H11ClN4O2S. The zero-order valence-corrected chi connectivity index (χ0v) is 13.3. The Morgan fingerprint density at radius 1 is 1.26 bits per heavy atom. The van der Waals surface area contributed by atoms with Crippen LogP contribution in [-0.2, 0) is 0 Å². The molecule has 116 valence electrons. The zero-order chi connectivity index (χ0) is 16.1. The maximum absolute atomic E-state index is 11.7. The van der Waals surface area contributed by atoms with Crippen LogP contribution in [0, 0.1) is 0 Å². The molecule has 0 spiro atoms. The Balaban J connectivity index is 1.64. The summed E-state index contributed by atoms with van der Waals surface area (Å²) in [5.74, 6) is -0.251. The highest BCUT2D eigenvalue weighted by atomic mass is 35.5. The first kappa shape index (κ1) is 15.3. The van der Waals surface area contributed by atoms with Crippen LogP contribution in [0.2, 0.25) is 5.15 Å². The number of nitrogens with zero attached hydrogens (tertiary/aromatic N) is 2. The summed E-state index contributed by atoms with van der Waals surface area (Å²) in [4.78, 5) is 16.5. The van der Waals surface area contributed by atoms with E-state index in [2.05, 4.69) is 20.8 Å². The Morgan fingerprint density at radius 2 is 2.09 bits per heavy atom. The Hall–Kier alpha value is -2.64. The molecule has 8 heteroatoms. The second-order valence-electron chi connectivity index (χ2n) is 4.34. The van der Waals surface area contributed by atoms with Gasteiger partial charge in [0.2, 0.25) is 0 Å². The molecule has 2 heterocycles. The molecule has 0 unspecified atom stereocenters. The first-order valence-corrected chi connectivity index (χ1v) is 7.77. The van der Waals surface area contributed by atoms with Crippen molar-refractivity contribution in [1.29, 1.82) is 0 Å². The fraction of sp³-hybridized carbons (Fsp3) is 0. The fourth-order valence-electron chi connectivity index (χ4n) is 1.70. The minimum Gasteiger partial charge on any atom is -0.459 e. The van der Waals surface area contributed by atoms with Crippen LogP contribution in [0.5, 0.6) is 0 Å². The van der Waals surface area contributed by atoms with E-state index < -0.39 is 5.91 Å². The number of amides is 1. The van der Waals surface area contributed by atoms with E-state index in [1.807, 2.05) is 30.3 Å². The maximum Gasteiger partial charge on any atom is 0.307 e. The third-order valence-corrected chi connectivity index (χ3v) is 4.03. The smallest absolute Gasteiger partial charge is 0.307 e. The summed E-state index contributed by atoms with van der Waals surface area (Å²) < 4.78 is 4.96. The van der Waals surface area contributed by atoms with Crippen molar-refractivity contribution < 1.29 is 9.21 Å². The van der Waals surface area contributed by atoms with Gasteiger partial charge < -0.3 is 9.73 Å². The molecule has 0 fully saturated rings. The molecule has 23 heavy (non-hydrogen) atoms. The Labute approximate surface area is 140 Å². The van der Waals surface area contributed by atoms with E-state index in [-0.39, 0.29) is 5.76 Å². The van der Waals surface area contributed by atoms with Gasteiger partial charge in [0.1, 0.15) is 0 Å². The van der Waals surface area contributed by atoms with Crippen molar-refractivity contribution in [2.45, 2.75) is 0 Å². The lowest BCUT2D eigenvalue weighted by Crippen LogP contribution is -2.16. The van der Waals surface area contributed by atoms with Crippen LogP contribution in [-0.4, -0.2) is 17.1 Å². The molecule has 0 saturated heterocycles. The van der Waals surface area contributed by atoms with Gasteiger partial charge in [0.15, 0.2) is 16.0 Å². The molecule has 0 aliphatic heterocycles. The van der Waals surface area contributed by atoms with Crippen molar-refractivity contribution in [1.82, 2.24) is 10.4 Å². The Bertz CT molecular complexity index is 815. The lowest BCUT2D eigenvalue weighted by atomic mass is 10.3. The third-order valence-electron chi connectivity index (χ3n) is 2.73. The number of aromatic nitrogens is 1. The van der Waals surface area contributed by atoms with Crippen molar-refractivity contribution >= 4 is 45.9 Å². The summed E-state index contributed by atoms with van der Waals surface area (Å²) in [6.45, 7) is 0. The highest BCUT2D eigenvalue weighted by Gasteiger charge is 2.09. The van der Waals surface area contributed by atoms with Gasteiger partial charge in [-0.25, -0.2) is 10.4 Å². The average molecular weight is 347 g/mol. The van der Waals surface area contributed by atoms with E-state index in [9.17, 15) is 4.79 Å². The van der Waals surface area contributed by atoms with Gasteiger partial charge in [-0.05, 0) is 24.3 Å². The molecule has 2 aromatic heterocycles. The number of para-hydroxylation sites is 1. The SMILES string of the molecule is O=C(N/N=C/c1sc(Nc2ccccc2)nc1Cl)c1ccco1. The number of thiazole rings is 1. The molecule has 0 aliphatic carbocycles. The predicted molar refractivity (Wildman–Crippen MR) is 90.6 cm³/mol. The van der Waals surface area contributed by atoms with Crippen molar-refractivity contribution in [2.75, 3.05) is 5.32 Å². The maximum atomic E-state index is 11.7. The molecule has 0 radical (unpaired) electrons. The second-order valence-corrected chi connectivity index (χ2v) is 5.73. The number of nitrogens with one attached hydrogen (secondary N) is 2.